The van der Waals surface area contributed by atoms with Crippen molar-refractivity contribution in [3.63, 3.8) is 0 Å². The molecule has 0 spiro atoms. The molecule has 35 heavy (non-hydrogen) atoms. The molecule has 0 bridgehead atoms. The summed E-state index contributed by atoms with van der Waals surface area (Å²) >= 11 is 0. The Kier molecular flexibility index (Phi) is 6.36. The fourth-order valence-electron chi connectivity index (χ4n) is 4.77. The molecule has 3 aromatic heterocycles. The standard InChI is InChI=1S/C25H27F3N6O/c1-15-4-3-5-21(15)34-13-17(11-29-34)20-12-30-33-9-8-24(32-25(20)33)31-16(2)19-10-18(26)6-7-22(19)35-14-23(27)28/h6-13,15-16,21,23H,3-5,14H2,1-2H3,(H,31,32). The van der Waals surface area contributed by atoms with Gasteiger partial charge in [0.25, 0.3) is 6.43 Å². The van der Waals surface area contributed by atoms with Gasteiger partial charge in [0.2, 0.25) is 0 Å². The van der Waals surface area contributed by atoms with Gasteiger partial charge in [-0.05, 0) is 49.9 Å². The highest BCUT2D eigenvalue weighted by Crippen LogP contribution is 2.36. The van der Waals surface area contributed by atoms with Crippen LogP contribution >= 0.6 is 0 Å². The van der Waals surface area contributed by atoms with Gasteiger partial charge in [0.05, 0.1) is 24.5 Å². The second-order valence-electron chi connectivity index (χ2n) is 9.07. The summed E-state index contributed by atoms with van der Waals surface area (Å²) in [7, 11) is 0. The zero-order valence-corrected chi connectivity index (χ0v) is 19.5. The highest BCUT2D eigenvalue weighted by atomic mass is 19.3. The number of anilines is 1. The number of halogens is 3. The van der Waals surface area contributed by atoms with Crippen molar-refractivity contribution in [1.29, 1.82) is 0 Å². The van der Waals surface area contributed by atoms with Gasteiger partial charge < -0.3 is 10.1 Å². The maximum atomic E-state index is 13.9. The quantitative estimate of drug-likeness (QED) is 0.337. The van der Waals surface area contributed by atoms with E-state index >= 15 is 0 Å². The van der Waals surface area contributed by atoms with Gasteiger partial charge in [0.1, 0.15) is 24.0 Å². The van der Waals surface area contributed by atoms with Gasteiger partial charge in [-0.2, -0.15) is 10.2 Å². The van der Waals surface area contributed by atoms with Crippen LogP contribution in [0.1, 0.15) is 50.8 Å². The first-order valence-corrected chi connectivity index (χ1v) is 11.7. The molecule has 3 heterocycles. The van der Waals surface area contributed by atoms with Crippen molar-refractivity contribution in [3.8, 4) is 16.9 Å². The minimum Gasteiger partial charge on any atom is -0.487 e. The van der Waals surface area contributed by atoms with Crippen molar-refractivity contribution in [3.05, 3.63) is 60.4 Å². The van der Waals surface area contributed by atoms with Gasteiger partial charge in [-0.3, -0.25) is 4.68 Å². The van der Waals surface area contributed by atoms with Crippen LogP contribution in [0.15, 0.2) is 49.1 Å². The van der Waals surface area contributed by atoms with Crippen LogP contribution in [0.2, 0.25) is 0 Å². The van der Waals surface area contributed by atoms with E-state index in [1.165, 1.54) is 31.0 Å². The second kappa shape index (κ2) is 9.59. The molecule has 1 aromatic carbocycles. The molecule has 0 aliphatic heterocycles. The Labute approximate surface area is 200 Å². The van der Waals surface area contributed by atoms with Crippen LogP contribution in [0, 0.1) is 11.7 Å². The Morgan fingerprint density at radius 3 is 2.80 bits per heavy atom. The third kappa shape index (κ3) is 4.82. The summed E-state index contributed by atoms with van der Waals surface area (Å²) in [5.41, 5.74) is 2.86. The van der Waals surface area contributed by atoms with E-state index in [2.05, 4.69) is 22.4 Å². The minimum absolute atomic E-state index is 0.200. The lowest BCUT2D eigenvalue weighted by Gasteiger charge is -2.19. The predicted molar refractivity (Wildman–Crippen MR) is 126 cm³/mol. The Bertz CT molecular complexity index is 1320. The number of hydrogen-bond acceptors (Lipinski definition) is 5. The number of nitrogens with zero attached hydrogens (tertiary/aromatic N) is 5. The smallest absolute Gasteiger partial charge is 0.272 e. The van der Waals surface area contributed by atoms with E-state index < -0.39 is 24.9 Å². The van der Waals surface area contributed by atoms with Gasteiger partial charge in [0, 0.05) is 29.1 Å². The molecular formula is C25H27F3N6O. The first kappa shape index (κ1) is 23.2. The van der Waals surface area contributed by atoms with Crippen molar-refractivity contribution >= 4 is 11.5 Å². The first-order valence-electron chi connectivity index (χ1n) is 11.7. The lowest BCUT2D eigenvalue weighted by Crippen LogP contribution is -2.13. The van der Waals surface area contributed by atoms with Crippen LogP contribution in [0.25, 0.3) is 16.8 Å². The Hall–Kier alpha value is -3.56. The first-order chi connectivity index (χ1) is 16.9. The number of rotatable bonds is 8. The number of aromatic nitrogens is 5. The number of alkyl halides is 2. The average Bonchev–Trinajstić information content (AvgIpc) is 3.57. The van der Waals surface area contributed by atoms with Gasteiger partial charge >= 0.3 is 0 Å². The zero-order valence-electron chi connectivity index (χ0n) is 19.5. The van der Waals surface area contributed by atoms with E-state index in [9.17, 15) is 13.2 Å². The minimum atomic E-state index is -2.62. The third-order valence-corrected chi connectivity index (χ3v) is 6.61. The SMILES string of the molecule is CC(Nc1ccn2ncc(-c3cnn(C4CCCC4C)c3)c2n1)c1cc(F)ccc1OCC(F)F. The normalized spacial score (nSPS) is 18.9. The summed E-state index contributed by atoms with van der Waals surface area (Å²) in [6.45, 7) is 3.29. The van der Waals surface area contributed by atoms with Crippen LogP contribution in [-0.4, -0.2) is 37.4 Å². The van der Waals surface area contributed by atoms with E-state index in [0.717, 1.165) is 17.5 Å². The summed E-state index contributed by atoms with van der Waals surface area (Å²) in [5.74, 6) is 0.853. The number of ether oxygens (including phenoxy) is 1. The molecule has 1 N–H and O–H groups in total. The fraction of sp³-hybridized carbons (Fsp3) is 0.400. The van der Waals surface area contributed by atoms with Crippen LogP contribution < -0.4 is 10.1 Å². The Morgan fingerprint density at radius 2 is 2.03 bits per heavy atom. The monoisotopic (exact) mass is 484 g/mol. The fourth-order valence-corrected chi connectivity index (χ4v) is 4.77. The van der Waals surface area contributed by atoms with Gasteiger partial charge in [-0.25, -0.2) is 22.7 Å². The van der Waals surface area contributed by atoms with Crippen LogP contribution in [0.4, 0.5) is 19.0 Å². The highest BCUT2D eigenvalue weighted by Gasteiger charge is 2.26. The molecule has 0 amide bonds. The maximum absolute atomic E-state index is 13.9. The molecule has 3 atom stereocenters. The van der Waals surface area contributed by atoms with Gasteiger partial charge in [-0.1, -0.05) is 13.3 Å². The molecule has 184 valence electrons. The number of nitrogens with one attached hydrogen (secondary N) is 1. The lowest BCUT2D eigenvalue weighted by molar-refractivity contribution is 0.0813. The summed E-state index contributed by atoms with van der Waals surface area (Å²) < 4.78 is 48.1. The number of benzene rings is 1. The summed E-state index contributed by atoms with van der Waals surface area (Å²) in [6.07, 6.45) is 8.37. The molecule has 1 aliphatic rings. The molecule has 1 aliphatic carbocycles. The average molecular weight is 485 g/mol. The molecule has 1 fully saturated rings. The predicted octanol–water partition coefficient (Wildman–Crippen LogP) is 5.91. The van der Waals surface area contributed by atoms with Crippen LogP contribution in [0.5, 0.6) is 5.75 Å². The van der Waals surface area contributed by atoms with E-state index in [-0.39, 0.29) is 5.75 Å². The molecule has 10 heteroatoms. The number of hydrogen-bond donors (Lipinski definition) is 1. The van der Waals surface area contributed by atoms with Crippen molar-refractivity contribution in [2.24, 2.45) is 5.92 Å². The summed E-state index contributed by atoms with van der Waals surface area (Å²) in [4.78, 5) is 4.72. The molecular weight excluding hydrogens is 457 g/mol. The van der Waals surface area contributed by atoms with E-state index in [1.807, 2.05) is 17.1 Å². The summed E-state index contributed by atoms with van der Waals surface area (Å²) in [6, 6.07) is 5.53. The van der Waals surface area contributed by atoms with Gasteiger partial charge in [0.15, 0.2) is 5.65 Å². The largest absolute Gasteiger partial charge is 0.487 e. The number of fused-ring (bicyclic) bond motifs is 1. The van der Waals surface area contributed by atoms with E-state index in [0.29, 0.717) is 29.0 Å². The van der Waals surface area contributed by atoms with E-state index in [4.69, 9.17) is 9.72 Å². The zero-order chi connectivity index (χ0) is 24.5. The van der Waals surface area contributed by atoms with Crippen molar-refractivity contribution in [2.45, 2.75) is 51.6 Å². The molecule has 1 saturated carbocycles. The van der Waals surface area contributed by atoms with Crippen molar-refractivity contribution < 1.29 is 17.9 Å². The molecule has 0 saturated heterocycles. The van der Waals surface area contributed by atoms with Crippen molar-refractivity contribution in [1.82, 2.24) is 24.4 Å². The maximum Gasteiger partial charge on any atom is 0.272 e. The molecule has 4 aromatic rings. The van der Waals surface area contributed by atoms with Crippen molar-refractivity contribution in [2.75, 3.05) is 11.9 Å². The van der Waals surface area contributed by atoms with Gasteiger partial charge in [-0.15, -0.1) is 0 Å². The lowest BCUT2D eigenvalue weighted by atomic mass is 10.1. The topological polar surface area (TPSA) is 69.3 Å². The molecule has 5 rings (SSSR count). The molecule has 3 unspecified atom stereocenters. The second-order valence-corrected chi connectivity index (χ2v) is 9.07. The van der Waals surface area contributed by atoms with E-state index in [1.54, 1.807) is 29.9 Å². The summed E-state index contributed by atoms with van der Waals surface area (Å²) in [5, 5.41) is 12.2. The highest BCUT2D eigenvalue weighted by molar-refractivity contribution is 5.76. The Balaban J connectivity index is 1.40. The third-order valence-electron chi connectivity index (χ3n) is 6.61. The Morgan fingerprint density at radius 1 is 1.17 bits per heavy atom. The van der Waals surface area contributed by atoms with Crippen LogP contribution in [0.3, 0.4) is 0 Å². The van der Waals surface area contributed by atoms with Crippen LogP contribution in [-0.2, 0) is 0 Å². The molecule has 7 nitrogen and oxygen atoms in total. The molecule has 0 radical (unpaired) electrons.